The first-order valence-corrected chi connectivity index (χ1v) is 7.24. The number of hydrogen-bond donors (Lipinski definition) is 1. The maximum Gasteiger partial charge on any atom is 0.324 e. The van der Waals surface area contributed by atoms with Crippen LogP contribution in [0.15, 0.2) is 0 Å². The van der Waals surface area contributed by atoms with Crippen molar-refractivity contribution in [1.29, 1.82) is 0 Å². The zero-order chi connectivity index (χ0) is 14.3. The lowest BCUT2D eigenvalue weighted by atomic mass is 10.2. The highest BCUT2D eigenvalue weighted by atomic mass is 16.5. The third-order valence-corrected chi connectivity index (χ3v) is 3.39. The van der Waals surface area contributed by atoms with Crippen LogP contribution < -0.4 is 5.32 Å². The van der Waals surface area contributed by atoms with Crippen LogP contribution in [0.5, 0.6) is 0 Å². The van der Waals surface area contributed by atoms with Crippen molar-refractivity contribution in [3.63, 3.8) is 0 Å². The van der Waals surface area contributed by atoms with E-state index in [1.165, 1.54) is 7.11 Å². The third-order valence-electron chi connectivity index (χ3n) is 3.39. The molecule has 0 amide bonds. The van der Waals surface area contributed by atoms with Gasteiger partial charge in [-0.25, -0.2) is 0 Å². The van der Waals surface area contributed by atoms with Gasteiger partial charge in [-0.3, -0.25) is 9.69 Å². The Bertz CT molecular complexity index is 265. The Morgan fingerprint density at radius 3 is 2.74 bits per heavy atom. The van der Waals surface area contributed by atoms with E-state index in [9.17, 15) is 4.79 Å². The molecule has 0 aromatic carbocycles. The van der Waals surface area contributed by atoms with Crippen LogP contribution in [0.4, 0.5) is 0 Å². The summed E-state index contributed by atoms with van der Waals surface area (Å²) in [6.45, 7) is 9.52. The molecule has 0 radical (unpaired) electrons. The van der Waals surface area contributed by atoms with Gasteiger partial charge in [-0.05, 0) is 19.4 Å². The normalized spacial score (nSPS) is 21.1. The topological polar surface area (TPSA) is 50.8 Å². The van der Waals surface area contributed by atoms with Crippen molar-refractivity contribution in [3.05, 3.63) is 0 Å². The molecule has 1 aliphatic rings. The van der Waals surface area contributed by atoms with Crippen molar-refractivity contribution >= 4 is 5.97 Å². The van der Waals surface area contributed by atoms with Crippen LogP contribution in [0.2, 0.25) is 0 Å². The monoisotopic (exact) mass is 272 g/mol. The quantitative estimate of drug-likeness (QED) is 0.669. The molecular formula is C14H28N2O3. The van der Waals surface area contributed by atoms with Gasteiger partial charge in [0.1, 0.15) is 6.04 Å². The van der Waals surface area contributed by atoms with Crippen LogP contribution in [0.3, 0.4) is 0 Å². The van der Waals surface area contributed by atoms with Gasteiger partial charge in [-0.1, -0.05) is 20.8 Å². The molecule has 1 fully saturated rings. The Morgan fingerprint density at radius 1 is 1.53 bits per heavy atom. The van der Waals surface area contributed by atoms with Gasteiger partial charge in [0, 0.05) is 25.7 Å². The van der Waals surface area contributed by atoms with E-state index in [1.807, 2.05) is 13.8 Å². The van der Waals surface area contributed by atoms with E-state index >= 15 is 0 Å². The van der Waals surface area contributed by atoms with Crippen molar-refractivity contribution in [2.45, 2.75) is 51.8 Å². The second-order valence-electron chi connectivity index (χ2n) is 5.38. The molecule has 1 rings (SSSR count). The molecule has 19 heavy (non-hydrogen) atoms. The zero-order valence-electron chi connectivity index (χ0n) is 12.6. The molecule has 2 atom stereocenters. The fraction of sp³-hybridized carbons (Fsp3) is 0.929. The van der Waals surface area contributed by atoms with Gasteiger partial charge in [0.2, 0.25) is 0 Å². The van der Waals surface area contributed by atoms with Crippen LogP contribution >= 0.6 is 0 Å². The summed E-state index contributed by atoms with van der Waals surface area (Å²) in [5, 5.41) is 3.26. The molecule has 1 N–H and O–H groups in total. The second-order valence-corrected chi connectivity index (χ2v) is 5.38. The highest BCUT2D eigenvalue weighted by molar-refractivity contribution is 5.75. The zero-order valence-corrected chi connectivity index (χ0v) is 12.6. The number of methoxy groups -OCH3 is 1. The first kappa shape index (κ1) is 16.4. The van der Waals surface area contributed by atoms with Gasteiger partial charge in [0.15, 0.2) is 0 Å². The third kappa shape index (κ3) is 5.89. The fourth-order valence-electron chi connectivity index (χ4n) is 2.41. The van der Waals surface area contributed by atoms with E-state index in [4.69, 9.17) is 9.47 Å². The largest absolute Gasteiger partial charge is 0.468 e. The smallest absolute Gasteiger partial charge is 0.324 e. The predicted octanol–water partition coefficient (Wildman–Crippen LogP) is 1.03. The lowest BCUT2D eigenvalue weighted by Gasteiger charge is -2.28. The summed E-state index contributed by atoms with van der Waals surface area (Å²) in [6.07, 6.45) is 2.58. The van der Waals surface area contributed by atoms with Gasteiger partial charge in [-0.15, -0.1) is 0 Å². The van der Waals surface area contributed by atoms with Crippen molar-refractivity contribution in [2.24, 2.45) is 0 Å². The summed E-state index contributed by atoms with van der Waals surface area (Å²) in [5.41, 5.74) is 0. The number of ether oxygens (including phenoxy) is 2. The highest BCUT2D eigenvalue weighted by Gasteiger charge is 2.25. The van der Waals surface area contributed by atoms with Crippen LogP contribution in [0.25, 0.3) is 0 Å². The summed E-state index contributed by atoms with van der Waals surface area (Å²) < 4.78 is 10.5. The second kappa shape index (κ2) is 8.51. The summed E-state index contributed by atoms with van der Waals surface area (Å²) in [6, 6.07) is -0.0168. The Morgan fingerprint density at radius 2 is 2.26 bits per heavy atom. The average Bonchev–Trinajstić information content (AvgIpc) is 2.88. The molecular weight excluding hydrogens is 244 g/mol. The van der Waals surface area contributed by atoms with E-state index in [2.05, 4.69) is 17.1 Å². The highest BCUT2D eigenvalue weighted by Crippen LogP contribution is 2.13. The number of likely N-dealkylation sites (N-methyl/N-ethyl adjacent to an activating group) is 1. The lowest BCUT2D eigenvalue weighted by molar-refractivity contribution is -0.144. The van der Waals surface area contributed by atoms with E-state index < -0.39 is 0 Å². The maximum absolute atomic E-state index is 11.8. The predicted molar refractivity (Wildman–Crippen MR) is 75.2 cm³/mol. The van der Waals surface area contributed by atoms with E-state index in [0.717, 1.165) is 32.5 Å². The van der Waals surface area contributed by atoms with Gasteiger partial charge >= 0.3 is 5.97 Å². The first-order valence-electron chi connectivity index (χ1n) is 7.24. The number of carbonyl (C=O) groups is 1. The van der Waals surface area contributed by atoms with E-state index in [1.54, 1.807) is 0 Å². The fourth-order valence-corrected chi connectivity index (χ4v) is 2.41. The number of nitrogens with one attached hydrogen (secondary N) is 1. The summed E-state index contributed by atoms with van der Waals surface area (Å²) >= 11 is 0. The summed E-state index contributed by atoms with van der Waals surface area (Å²) in [4.78, 5) is 14.1. The summed E-state index contributed by atoms with van der Waals surface area (Å²) in [7, 11) is 1.44. The standard InChI is InChI=1S/C14H28N2O3/c1-5-16(9-12-7-6-8-19-12)10-13(14(17)18-4)15-11(2)3/h11-13,15H,5-10H2,1-4H3. The van der Waals surface area contributed by atoms with Crippen molar-refractivity contribution in [2.75, 3.05) is 33.4 Å². The molecule has 0 saturated carbocycles. The number of esters is 1. The Labute approximate surface area is 116 Å². The van der Waals surface area contributed by atoms with E-state index in [-0.39, 0.29) is 18.1 Å². The molecule has 0 aromatic rings. The molecule has 0 aliphatic carbocycles. The average molecular weight is 272 g/mol. The van der Waals surface area contributed by atoms with Crippen LogP contribution in [-0.4, -0.2) is 62.4 Å². The molecule has 0 bridgehead atoms. The van der Waals surface area contributed by atoms with Crippen LogP contribution in [0, 0.1) is 0 Å². The minimum atomic E-state index is -0.272. The minimum absolute atomic E-state index is 0.195. The Kier molecular flexibility index (Phi) is 7.34. The van der Waals surface area contributed by atoms with Gasteiger partial charge in [-0.2, -0.15) is 0 Å². The van der Waals surface area contributed by atoms with Gasteiger partial charge in [0.25, 0.3) is 0 Å². The van der Waals surface area contributed by atoms with Crippen molar-refractivity contribution < 1.29 is 14.3 Å². The lowest BCUT2D eigenvalue weighted by Crippen LogP contribution is -2.50. The van der Waals surface area contributed by atoms with Crippen LogP contribution in [-0.2, 0) is 14.3 Å². The number of carbonyl (C=O) groups excluding carboxylic acids is 1. The number of nitrogens with zero attached hydrogens (tertiary/aromatic N) is 1. The molecule has 2 unspecified atom stereocenters. The molecule has 0 spiro atoms. The van der Waals surface area contributed by atoms with Crippen molar-refractivity contribution in [1.82, 2.24) is 10.2 Å². The van der Waals surface area contributed by atoms with Gasteiger partial charge in [0.05, 0.1) is 13.2 Å². The van der Waals surface area contributed by atoms with Crippen LogP contribution in [0.1, 0.15) is 33.6 Å². The molecule has 5 nitrogen and oxygen atoms in total. The Hall–Kier alpha value is -0.650. The molecule has 1 aliphatic heterocycles. The first-order chi connectivity index (χ1) is 9.06. The molecule has 0 aromatic heterocycles. The minimum Gasteiger partial charge on any atom is -0.468 e. The summed E-state index contributed by atoms with van der Waals surface area (Å²) in [5.74, 6) is -0.195. The maximum atomic E-state index is 11.8. The number of rotatable bonds is 8. The number of hydrogen-bond acceptors (Lipinski definition) is 5. The Balaban J connectivity index is 2.50. The van der Waals surface area contributed by atoms with Gasteiger partial charge < -0.3 is 14.8 Å². The molecule has 5 heteroatoms. The van der Waals surface area contributed by atoms with E-state index in [0.29, 0.717) is 12.6 Å². The molecule has 1 heterocycles. The SMILES string of the molecule is CCN(CC1CCCO1)CC(NC(C)C)C(=O)OC. The molecule has 112 valence electrons. The molecule has 1 saturated heterocycles. The van der Waals surface area contributed by atoms with Crippen molar-refractivity contribution in [3.8, 4) is 0 Å².